The molecule has 1 rings (SSSR count). The molecule has 1 aromatic rings. The van der Waals surface area contributed by atoms with Gasteiger partial charge in [-0.15, -0.1) is 0 Å². The number of nitrogens with one attached hydrogen (secondary N) is 2. The first-order valence-electron chi connectivity index (χ1n) is 6.17. The number of carbonyl (C=O) groups is 1. The lowest BCUT2D eigenvalue weighted by molar-refractivity contribution is 0.0727. The molecule has 0 saturated carbocycles. The van der Waals surface area contributed by atoms with Gasteiger partial charge >= 0.3 is 0 Å². The molecular weight excluding hydrogens is 246 g/mol. The maximum absolute atomic E-state index is 11.6. The first-order valence-corrected chi connectivity index (χ1v) is 6.17. The molecule has 0 aliphatic rings. The molecule has 1 atom stereocenters. The number of aliphatic hydroxyl groups excluding tert-OH is 1. The topological polar surface area (TPSA) is 96.6 Å². The van der Waals surface area contributed by atoms with E-state index in [-0.39, 0.29) is 12.5 Å². The molecular formula is C13H21N3O3. The third-order valence-electron chi connectivity index (χ3n) is 2.54. The molecule has 0 aliphatic carbocycles. The van der Waals surface area contributed by atoms with Crippen LogP contribution in [0.1, 0.15) is 17.3 Å². The van der Waals surface area contributed by atoms with E-state index in [1.54, 1.807) is 18.2 Å². The molecule has 6 nitrogen and oxygen atoms in total. The van der Waals surface area contributed by atoms with Gasteiger partial charge in [0.1, 0.15) is 0 Å². The predicted octanol–water partition coefficient (Wildman–Crippen LogP) is 0.438. The summed E-state index contributed by atoms with van der Waals surface area (Å²) in [5.74, 6) is -0.153. The van der Waals surface area contributed by atoms with Crippen molar-refractivity contribution in [3.8, 4) is 0 Å². The van der Waals surface area contributed by atoms with Crippen molar-refractivity contribution in [1.82, 2.24) is 5.32 Å². The van der Waals surface area contributed by atoms with Gasteiger partial charge in [-0.3, -0.25) is 4.79 Å². The summed E-state index contributed by atoms with van der Waals surface area (Å²) in [6.45, 7) is 3.01. The minimum atomic E-state index is -0.604. The number of nitrogen functional groups attached to an aromatic ring is 1. The Morgan fingerprint density at radius 1 is 1.53 bits per heavy atom. The van der Waals surface area contributed by atoms with Crippen molar-refractivity contribution in [3.05, 3.63) is 23.8 Å². The lowest BCUT2D eigenvalue weighted by Crippen LogP contribution is -2.25. The predicted molar refractivity (Wildman–Crippen MR) is 75.2 cm³/mol. The zero-order valence-corrected chi connectivity index (χ0v) is 11.3. The van der Waals surface area contributed by atoms with Crippen LogP contribution in [0.25, 0.3) is 0 Å². The van der Waals surface area contributed by atoms with Crippen LogP contribution < -0.4 is 16.4 Å². The Balaban J connectivity index is 2.64. The highest BCUT2D eigenvalue weighted by molar-refractivity contribution is 5.96. The monoisotopic (exact) mass is 267 g/mol. The van der Waals surface area contributed by atoms with E-state index in [0.29, 0.717) is 30.0 Å². The first-order chi connectivity index (χ1) is 9.08. The van der Waals surface area contributed by atoms with E-state index in [4.69, 9.17) is 10.5 Å². The number of hydrogen-bond acceptors (Lipinski definition) is 5. The molecule has 0 saturated heterocycles. The van der Waals surface area contributed by atoms with Crippen LogP contribution in [-0.2, 0) is 4.74 Å². The summed E-state index contributed by atoms with van der Waals surface area (Å²) in [6, 6.07) is 5.02. The number of anilines is 2. The zero-order chi connectivity index (χ0) is 14.3. The second-order valence-electron chi connectivity index (χ2n) is 4.15. The highest BCUT2D eigenvalue weighted by atomic mass is 16.5. The van der Waals surface area contributed by atoms with Gasteiger partial charge in [0.05, 0.1) is 24.1 Å². The van der Waals surface area contributed by atoms with Gasteiger partial charge in [0.15, 0.2) is 0 Å². The molecule has 1 unspecified atom stereocenters. The SMILES string of the molecule is CCNC(=O)c1ccc(NCC(O)COC)c(N)c1. The molecule has 5 N–H and O–H groups in total. The summed E-state index contributed by atoms with van der Waals surface area (Å²) < 4.78 is 4.83. The average Bonchev–Trinajstić information content (AvgIpc) is 2.38. The fraction of sp³-hybridized carbons (Fsp3) is 0.462. The molecule has 106 valence electrons. The highest BCUT2D eigenvalue weighted by Crippen LogP contribution is 2.19. The van der Waals surface area contributed by atoms with E-state index in [1.807, 2.05) is 6.92 Å². The molecule has 0 spiro atoms. The Kier molecular flexibility index (Phi) is 6.11. The summed E-state index contributed by atoms with van der Waals surface area (Å²) in [5, 5.41) is 15.2. The van der Waals surface area contributed by atoms with Gasteiger partial charge in [-0.2, -0.15) is 0 Å². The number of rotatable bonds is 7. The van der Waals surface area contributed by atoms with Gasteiger partial charge in [-0.05, 0) is 25.1 Å². The van der Waals surface area contributed by atoms with E-state index < -0.39 is 6.10 Å². The van der Waals surface area contributed by atoms with Crippen LogP contribution in [-0.4, -0.2) is 43.9 Å². The standard InChI is InChI=1S/C13H21N3O3/c1-3-15-13(18)9-4-5-12(11(14)6-9)16-7-10(17)8-19-2/h4-6,10,16-17H,3,7-8,14H2,1-2H3,(H,15,18). The van der Waals surface area contributed by atoms with Crippen LogP contribution in [0.2, 0.25) is 0 Å². The lowest BCUT2D eigenvalue weighted by atomic mass is 10.1. The van der Waals surface area contributed by atoms with Crippen LogP contribution >= 0.6 is 0 Å². The highest BCUT2D eigenvalue weighted by Gasteiger charge is 2.08. The van der Waals surface area contributed by atoms with Gasteiger partial charge in [0.25, 0.3) is 5.91 Å². The lowest BCUT2D eigenvalue weighted by Gasteiger charge is -2.14. The number of hydrogen-bond donors (Lipinski definition) is 4. The summed E-state index contributed by atoms with van der Waals surface area (Å²) in [7, 11) is 1.53. The number of ether oxygens (including phenoxy) is 1. The number of benzene rings is 1. The van der Waals surface area contributed by atoms with Gasteiger partial charge in [0.2, 0.25) is 0 Å². The minimum Gasteiger partial charge on any atom is -0.397 e. The normalized spacial score (nSPS) is 11.9. The van der Waals surface area contributed by atoms with Gasteiger partial charge in [0, 0.05) is 25.8 Å². The maximum atomic E-state index is 11.6. The average molecular weight is 267 g/mol. The van der Waals surface area contributed by atoms with Gasteiger partial charge in [-0.25, -0.2) is 0 Å². The van der Waals surface area contributed by atoms with Crippen molar-refractivity contribution in [2.45, 2.75) is 13.0 Å². The van der Waals surface area contributed by atoms with E-state index in [9.17, 15) is 9.90 Å². The summed E-state index contributed by atoms with van der Waals surface area (Å²) >= 11 is 0. The van der Waals surface area contributed by atoms with Crippen LogP contribution in [0, 0.1) is 0 Å². The zero-order valence-electron chi connectivity index (χ0n) is 11.3. The molecule has 19 heavy (non-hydrogen) atoms. The van der Waals surface area contributed by atoms with Crippen LogP contribution in [0.4, 0.5) is 11.4 Å². The Bertz CT molecular complexity index is 424. The van der Waals surface area contributed by atoms with Gasteiger partial charge in [-0.1, -0.05) is 0 Å². The molecule has 0 radical (unpaired) electrons. The largest absolute Gasteiger partial charge is 0.397 e. The quantitative estimate of drug-likeness (QED) is 0.537. The Morgan fingerprint density at radius 2 is 2.26 bits per heavy atom. The first kappa shape index (κ1) is 15.3. The fourth-order valence-corrected chi connectivity index (χ4v) is 1.61. The minimum absolute atomic E-state index is 0.153. The molecule has 1 amide bonds. The summed E-state index contributed by atoms with van der Waals surface area (Å²) in [5.41, 5.74) is 7.53. The smallest absolute Gasteiger partial charge is 0.251 e. The van der Waals surface area contributed by atoms with Crippen molar-refractivity contribution < 1.29 is 14.6 Å². The van der Waals surface area contributed by atoms with E-state index in [1.165, 1.54) is 7.11 Å². The molecule has 0 aliphatic heterocycles. The van der Waals surface area contributed by atoms with Crippen molar-refractivity contribution in [1.29, 1.82) is 0 Å². The molecule has 0 bridgehead atoms. The summed E-state index contributed by atoms with van der Waals surface area (Å²) in [6.07, 6.45) is -0.604. The molecule has 0 aromatic heterocycles. The second kappa shape index (κ2) is 7.60. The van der Waals surface area contributed by atoms with Crippen LogP contribution in [0.15, 0.2) is 18.2 Å². The van der Waals surface area contributed by atoms with Crippen LogP contribution in [0.5, 0.6) is 0 Å². The van der Waals surface area contributed by atoms with Gasteiger partial charge < -0.3 is 26.2 Å². The van der Waals surface area contributed by atoms with Crippen molar-refractivity contribution >= 4 is 17.3 Å². The van der Waals surface area contributed by atoms with E-state index in [2.05, 4.69) is 10.6 Å². The third kappa shape index (κ3) is 4.76. The van der Waals surface area contributed by atoms with E-state index in [0.717, 1.165) is 0 Å². The number of carbonyl (C=O) groups excluding carboxylic acids is 1. The number of amides is 1. The Hall–Kier alpha value is -1.79. The number of methoxy groups -OCH3 is 1. The third-order valence-corrected chi connectivity index (χ3v) is 2.54. The van der Waals surface area contributed by atoms with E-state index >= 15 is 0 Å². The van der Waals surface area contributed by atoms with Crippen LogP contribution in [0.3, 0.4) is 0 Å². The summed E-state index contributed by atoms with van der Waals surface area (Å²) in [4.78, 5) is 11.6. The number of nitrogens with two attached hydrogens (primary N) is 1. The fourth-order valence-electron chi connectivity index (χ4n) is 1.61. The molecule has 6 heteroatoms. The maximum Gasteiger partial charge on any atom is 0.251 e. The molecule has 1 aromatic carbocycles. The van der Waals surface area contributed by atoms with Crippen molar-refractivity contribution in [2.24, 2.45) is 0 Å². The Morgan fingerprint density at radius 3 is 2.84 bits per heavy atom. The second-order valence-corrected chi connectivity index (χ2v) is 4.15. The Labute approximate surface area is 112 Å². The number of aliphatic hydroxyl groups is 1. The van der Waals surface area contributed by atoms with Crippen molar-refractivity contribution in [3.63, 3.8) is 0 Å². The molecule has 0 fully saturated rings. The van der Waals surface area contributed by atoms with Crippen molar-refractivity contribution in [2.75, 3.05) is 37.9 Å². The molecule has 0 heterocycles.